The van der Waals surface area contributed by atoms with E-state index in [1.807, 2.05) is 12.3 Å². The Morgan fingerprint density at radius 1 is 1.18 bits per heavy atom. The van der Waals surface area contributed by atoms with E-state index in [0.717, 1.165) is 32.5 Å². The largest absolute Gasteiger partial charge is 0.497 e. The van der Waals surface area contributed by atoms with E-state index in [1.54, 1.807) is 37.6 Å². The molecule has 0 radical (unpaired) electrons. The molecule has 1 fully saturated rings. The number of piperidine rings is 1. The van der Waals surface area contributed by atoms with Crippen LogP contribution in [0, 0.1) is 5.92 Å². The molecule has 1 saturated heterocycles. The predicted octanol–water partition coefficient (Wildman–Crippen LogP) is 2.06. The lowest BCUT2D eigenvalue weighted by Crippen LogP contribution is -2.41. The number of methoxy groups -OCH3 is 1. The van der Waals surface area contributed by atoms with Crippen LogP contribution in [-0.2, 0) is 16.1 Å². The van der Waals surface area contributed by atoms with Gasteiger partial charge in [0.15, 0.2) is 0 Å². The molecule has 1 aliphatic heterocycles. The molecule has 0 atom stereocenters. The molecule has 0 bridgehead atoms. The topological polar surface area (TPSA) is 83.6 Å². The summed E-state index contributed by atoms with van der Waals surface area (Å²) in [5, 5.41) is 5.35. The Labute approximate surface area is 165 Å². The smallest absolute Gasteiger partial charge is 0.313 e. The zero-order chi connectivity index (χ0) is 19.8. The van der Waals surface area contributed by atoms with E-state index in [-0.39, 0.29) is 0 Å². The molecule has 0 spiro atoms. The molecule has 2 N–H and O–H groups in total. The van der Waals surface area contributed by atoms with Crippen molar-refractivity contribution in [2.75, 3.05) is 32.1 Å². The fourth-order valence-corrected chi connectivity index (χ4v) is 3.30. The SMILES string of the molecule is COc1cccc(NC(=O)C(=O)NCC2CCN(Cc3cccnc3)CC2)c1. The van der Waals surface area contributed by atoms with Gasteiger partial charge in [-0.25, -0.2) is 0 Å². The summed E-state index contributed by atoms with van der Waals surface area (Å²) >= 11 is 0. The van der Waals surface area contributed by atoms with E-state index in [1.165, 1.54) is 5.56 Å². The third kappa shape index (κ3) is 5.79. The third-order valence-corrected chi connectivity index (χ3v) is 4.92. The highest BCUT2D eigenvalue weighted by Gasteiger charge is 2.21. The van der Waals surface area contributed by atoms with Gasteiger partial charge < -0.3 is 15.4 Å². The van der Waals surface area contributed by atoms with Crippen LogP contribution in [0.3, 0.4) is 0 Å². The average molecular weight is 382 g/mol. The van der Waals surface area contributed by atoms with Crippen molar-refractivity contribution in [3.05, 3.63) is 54.4 Å². The highest BCUT2D eigenvalue weighted by molar-refractivity contribution is 6.39. The number of nitrogens with zero attached hydrogens (tertiary/aromatic N) is 2. The van der Waals surface area contributed by atoms with Crippen molar-refractivity contribution < 1.29 is 14.3 Å². The zero-order valence-corrected chi connectivity index (χ0v) is 16.1. The standard InChI is InChI=1S/C21H26N4O3/c1-28-19-6-2-5-18(12-19)24-21(27)20(26)23-14-16-7-10-25(11-8-16)15-17-4-3-9-22-13-17/h2-6,9,12-13,16H,7-8,10-11,14-15H2,1H3,(H,23,26)(H,24,27). The minimum Gasteiger partial charge on any atom is -0.497 e. The fraction of sp³-hybridized carbons (Fsp3) is 0.381. The van der Waals surface area contributed by atoms with Crippen LogP contribution in [0.25, 0.3) is 0 Å². The number of anilines is 1. The third-order valence-electron chi connectivity index (χ3n) is 4.92. The van der Waals surface area contributed by atoms with Gasteiger partial charge in [-0.2, -0.15) is 0 Å². The second-order valence-electron chi connectivity index (χ2n) is 6.98. The summed E-state index contributed by atoms with van der Waals surface area (Å²) in [5.74, 6) is -0.266. The number of hydrogen-bond acceptors (Lipinski definition) is 5. The maximum absolute atomic E-state index is 12.1. The summed E-state index contributed by atoms with van der Waals surface area (Å²) in [4.78, 5) is 30.7. The van der Waals surface area contributed by atoms with E-state index in [9.17, 15) is 9.59 Å². The Hall–Kier alpha value is -2.93. The summed E-state index contributed by atoms with van der Waals surface area (Å²) in [5.41, 5.74) is 1.74. The van der Waals surface area contributed by atoms with E-state index in [2.05, 4.69) is 26.6 Å². The van der Waals surface area contributed by atoms with Crippen LogP contribution >= 0.6 is 0 Å². The molecular weight excluding hydrogens is 356 g/mol. The van der Waals surface area contributed by atoms with Gasteiger partial charge in [-0.1, -0.05) is 12.1 Å². The van der Waals surface area contributed by atoms with Crippen LogP contribution in [0.5, 0.6) is 5.75 Å². The molecule has 1 aromatic carbocycles. The number of aromatic nitrogens is 1. The predicted molar refractivity (Wildman–Crippen MR) is 107 cm³/mol. The number of pyridine rings is 1. The van der Waals surface area contributed by atoms with Crippen LogP contribution in [0.2, 0.25) is 0 Å². The summed E-state index contributed by atoms with van der Waals surface area (Å²) in [7, 11) is 1.55. The van der Waals surface area contributed by atoms with Gasteiger partial charge in [0.2, 0.25) is 0 Å². The van der Waals surface area contributed by atoms with Gasteiger partial charge in [0.05, 0.1) is 7.11 Å². The molecule has 0 saturated carbocycles. The average Bonchev–Trinajstić information content (AvgIpc) is 2.74. The van der Waals surface area contributed by atoms with Crippen molar-refractivity contribution in [1.29, 1.82) is 0 Å². The van der Waals surface area contributed by atoms with Crippen molar-refractivity contribution in [2.45, 2.75) is 19.4 Å². The number of nitrogens with one attached hydrogen (secondary N) is 2. The van der Waals surface area contributed by atoms with Crippen LogP contribution in [0.4, 0.5) is 5.69 Å². The van der Waals surface area contributed by atoms with E-state index in [0.29, 0.717) is 23.9 Å². The summed E-state index contributed by atoms with van der Waals surface area (Å²) in [6.07, 6.45) is 5.67. The van der Waals surface area contributed by atoms with Crippen LogP contribution in [0.15, 0.2) is 48.8 Å². The number of likely N-dealkylation sites (tertiary alicyclic amines) is 1. The number of ether oxygens (including phenoxy) is 1. The summed E-state index contributed by atoms with van der Waals surface area (Å²) in [6.45, 7) is 3.37. The lowest BCUT2D eigenvalue weighted by molar-refractivity contribution is -0.136. The minimum absolute atomic E-state index is 0.388. The highest BCUT2D eigenvalue weighted by atomic mass is 16.5. The zero-order valence-electron chi connectivity index (χ0n) is 16.1. The molecule has 2 aromatic rings. The maximum atomic E-state index is 12.1. The number of amides is 2. The Morgan fingerprint density at radius 2 is 2.00 bits per heavy atom. The Balaban J connectivity index is 1.38. The Bertz CT molecular complexity index is 789. The molecule has 2 amide bonds. The molecule has 28 heavy (non-hydrogen) atoms. The summed E-state index contributed by atoms with van der Waals surface area (Å²) in [6, 6.07) is 10.9. The van der Waals surface area contributed by atoms with Crippen LogP contribution in [-0.4, -0.2) is 48.4 Å². The first-order valence-corrected chi connectivity index (χ1v) is 9.48. The monoisotopic (exact) mass is 382 g/mol. The molecule has 0 aliphatic carbocycles. The second kappa shape index (κ2) is 9.85. The number of benzene rings is 1. The van der Waals surface area contributed by atoms with Gasteiger partial charge >= 0.3 is 11.8 Å². The molecular formula is C21H26N4O3. The molecule has 3 rings (SSSR count). The highest BCUT2D eigenvalue weighted by Crippen LogP contribution is 2.19. The minimum atomic E-state index is -0.665. The van der Waals surface area contributed by atoms with Gasteiger partial charge in [-0.05, 0) is 55.6 Å². The van der Waals surface area contributed by atoms with Crippen molar-refractivity contribution >= 4 is 17.5 Å². The Kier molecular flexibility index (Phi) is 6.97. The van der Waals surface area contributed by atoms with E-state index >= 15 is 0 Å². The van der Waals surface area contributed by atoms with Crippen molar-refractivity contribution in [1.82, 2.24) is 15.2 Å². The second-order valence-corrected chi connectivity index (χ2v) is 6.98. The first-order valence-electron chi connectivity index (χ1n) is 9.48. The lowest BCUT2D eigenvalue weighted by atomic mass is 9.96. The van der Waals surface area contributed by atoms with Gasteiger partial charge in [-0.15, -0.1) is 0 Å². The maximum Gasteiger partial charge on any atom is 0.313 e. The van der Waals surface area contributed by atoms with Gasteiger partial charge in [-0.3, -0.25) is 19.5 Å². The molecule has 148 valence electrons. The molecule has 7 heteroatoms. The van der Waals surface area contributed by atoms with Crippen LogP contribution in [0.1, 0.15) is 18.4 Å². The Morgan fingerprint density at radius 3 is 2.71 bits per heavy atom. The number of hydrogen-bond donors (Lipinski definition) is 2. The molecule has 1 aliphatic rings. The molecule has 0 unspecified atom stereocenters. The number of carbonyl (C=O) groups is 2. The quantitative estimate of drug-likeness (QED) is 0.747. The first-order chi connectivity index (χ1) is 13.6. The molecule has 1 aromatic heterocycles. The normalized spacial score (nSPS) is 15.0. The fourth-order valence-electron chi connectivity index (χ4n) is 3.30. The number of carbonyl (C=O) groups excluding carboxylic acids is 2. The van der Waals surface area contributed by atoms with E-state index in [4.69, 9.17) is 4.74 Å². The van der Waals surface area contributed by atoms with Gasteiger partial charge in [0, 0.05) is 37.2 Å². The summed E-state index contributed by atoms with van der Waals surface area (Å²) < 4.78 is 5.11. The number of rotatable bonds is 6. The van der Waals surface area contributed by atoms with Gasteiger partial charge in [0.25, 0.3) is 0 Å². The van der Waals surface area contributed by atoms with E-state index < -0.39 is 11.8 Å². The lowest BCUT2D eigenvalue weighted by Gasteiger charge is -2.31. The van der Waals surface area contributed by atoms with Crippen molar-refractivity contribution in [3.8, 4) is 5.75 Å². The van der Waals surface area contributed by atoms with Crippen LogP contribution < -0.4 is 15.4 Å². The molecule has 2 heterocycles. The molecule has 7 nitrogen and oxygen atoms in total. The first kappa shape index (κ1) is 19.8. The van der Waals surface area contributed by atoms with Crippen molar-refractivity contribution in [3.63, 3.8) is 0 Å². The van der Waals surface area contributed by atoms with Gasteiger partial charge in [0.1, 0.15) is 5.75 Å². The van der Waals surface area contributed by atoms with Crippen molar-refractivity contribution in [2.24, 2.45) is 5.92 Å².